The van der Waals surface area contributed by atoms with Crippen molar-refractivity contribution in [3.05, 3.63) is 23.5 Å². The van der Waals surface area contributed by atoms with Crippen LogP contribution in [-0.4, -0.2) is 19.7 Å². The minimum absolute atomic E-state index is 0.170. The maximum Gasteiger partial charge on any atom is 0.131 e. The number of anilines is 1. The second kappa shape index (κ2) is 5.39. The second-order valence-electron chi connectivity index (χ2n) is 4.53. The molecule has 1 aliphatic rings. The summed E-state index contributed by atoms with van der Waals surface area (Å²) >= 11 is 0. The third-order valence-electron chi connectivity index (χ3n) is 3.30. The van der Waals surface area contributed by atoms with Crippen molar-refractivity contribution in [1.29, 1.82) is 0 Å². The normalized spacial score (nSPS) is 16.1. The quantitative estimate of drug-likeness (QED) is 0.797. The average molecular weight is 237 g/mol. The van der Waals surface area contributed by atoms with Crippen molar-refractivity contribution in [3.8, 4) is 5.75 Å². The molecule has 0 saturated carbocycles. The second-order valence-corrected chi connectivity index (χ2v) is 4.53. The number of benzene rings is 1. The number of hydrogen-bond donors (Lipinski definition) is 0. The summed E-state index contributed by atoms with van der Waals surface area (Å²) in [5, 5.41) is 0. The van der Waals surface area contributed by atoms with Crippen LogP contribution in [-0.2, 0) is 0 Å². The van der Waals surface area contributed by atoms with E-state index in [1.54, 1.807) is 13.0 Å². The molecule has 0 amide bonds. The van der Waals surface area contributed by atoms with Crippen LogP contribution < -0.4 is 9.64 Å². The lowest BCUT2D eigenvalue weighted by Crippen LogP contribution is -2.29. The van der Waals surface area contributed by atoms with Gasteiger partial charge in [0.25, 0.3) is 0 Å². The van der Waals surface area contributed by atoms with Crippen molar-refractivity contribution >= 4 is 5.69 Å². The van der Waals surface area contributed by atoms with Crippen molar-refractivity contribution < 1.29 is 9.13 Å². The monoisotopic (exact) mass is 237 g/mol. The maximum absolute atomic E-state index is 13.8. The molecule has 3 heteroatoms. The molecule has 1 heterocycles. The molecule has 0 atom stereocenters. The molecule has 2 rings (SSSR count). The van der Waals surface area contributed by atoms with Gasteiger partial charge in [0.1, 0.15) is 11.6 Å². The summed E-state index contributed by atoms with van der Waals surface area (Å²) in [6.45, 7) is 6.30. The number of piperidine rings is 1. The highest BCUT2D eigenvalue weighted by Gasteiger charge is 2.15. The summed E-state index contributed by atoms with van der Waals surface area (Å²) in [6.07, 6.45) is 3.67. The van der Waals surface area contributed by atoms with Crippen LogP contribution in [0.2, 0.25) is 0 Å². The molecule has 0 bridgehead atoms. The van der Waals surface area contributed by atoms with Gasteiger partial charge >= 0.3 is 0 Å². The standard InChI is InChI=1S/C14H20FNO/c1-3-17-14-10-12(9-13(15)11(14)2)16-7-5-4-6-8-16/h9-10H,3-8H2,1-2H3. The van der Waals surface area contributed by atoms with Crippen LogP contribution in [0.15, 0.2) is 12.1 Å². The number of hydrogen-bond acceptors (Lipinski definition) is 2. The number of nitrogens with zero attached hydrogens (tertiary/aromatic N) is 1. The highest BCUT2D eigenvalue weighted by molar-refractivity contribution is 5.54. The van der Waals surface area contributed by atoms with Gasteiger partial charge in [0.15, 0.2) is 0 Å². The Morgan fingerprint density at radius 1 is 1.24 bits per heavy atom. The molecule has 2 nitrogen and oxygen atoms in total. The lowest BCUT2D eigenvalue weighted by molar-refractivity contribution is 0.335. The molecule has 0 radical (unpaired) electrons. The molecule has 0 unspecified atom stereocenters. The predicted molar refractivity (Wildman–Crippen MR) is 68.4 cm³/mol. The fourth-order valence-electron chi connectivity index (χ4n) is 2.28. The molecule has 0 aliphatic carbocycles. The van der Waals surface area contributed by atoms with Crippen LogP contribution in [0.3, 0.4) is 0 Å². The molecule has 94 valence electrons. The fraction of sp³-hybridized carbons (Fsp3) is 0.571. The van der Waals surface area contributed by atoms with Crippen LogP contribution in [0, 0.1) is 12.7 Å². The van der Waals surface area contributed by atoms with Crippen molar-refractivity contribution in [2.24, 2.45) is 0 Å². The lowest BCUT2D eigenvalue weighted by Gasteiger charge is -2.29. The van der Waals surface area contributed by atoms with Gasteiger partial charge in [-0.25, -0.2) is 4.39 Å². The Kier molecular flexibility index (Phi) is 3.87. The van der Waals surface area contributed by atoms with Crippen LogP contribution in [0.1, 0.15) is 31.7 Å². The van der Waals surface area contributed by atoms with Gasteiger partial charge in [0.2, 0.25) is 0 Å². The van der Waals surface area contributed by atoms with Gasteiger partial charge in [-0.15, -0.1) is 0 Å². The van der Waals surface area contributed by atoms with Gasteiger partial charge in [0, 0.05) is 30.4 Å². The molecule has 17 heavy (non-hydrogen) atoms. The molecule has 1 aromatic carbocycles. The zero-order valence-corrected chi connectivity index (χ0v) is 10.6. The Balaban J connectivity index is 2.27. The third-order valence-corrected chi connectivity index (χ3v) is 3.30. The van der Waals surface area contributed by atoms with E-state index in [2.05, 4.69) is 4.90 Å². The van der Waals surface area contributed by atoms with E-state index in [0.29, 0.717) is 17.9 Å². The van der Waals surface area contributed by atoms with Gasteiger partial charge in [-0.1, -0.05) is 0 Å². The summed E-state index contributed by atoms with van der Waals surface area (Å²) in [5.74, 6) is 0.504. The van der Waals surface area contributed by atoms with Crippen molar-refractivity contribution in [2.75, 3.05) is 24.6 Å². The van der Waals surface area contributed by atoms with Crippen LogP contribution in [0.4, 0.5) is 10.1 Å². The Morgan fingerprint density at radius 3 is 2.59 bits per heavy atom. The van der Waals surface area contributed by atoms with Gasteiger partial charge in [-0.2, -0.15) is 0 Å². The van der Waals surface area contributed by atoms with E-state index in [4.69, 9.17) is 4.74 Å². The van der Waals surface area contributed by atoms with Crippen molar-refractivity contribution in [2.45, 2.75) is 33.1 Å². The van der Waals surface area contributed by atoms with E-state index in [1.165, 1.54) is 19.3 Å². The molecular weight excluding hydrogens is 217 g/mol. The summed E-state index contributed by atoms with van der Waals surface area (Å²) in [4.78, 5) is 2.24. The van der Waals surface area contributed by atoms with Gasteiger partial charge in [0.05, 0.1) is 6.61 Å². The molecular formula is C14H20FNO. The van der Waals surface area contributed by atoms with E-state index in [9.17, 15) is 4.39 Å². The molecule has 1 aliphatic heterocycles. The van der Waals surface area contributed by atoms with E-state index in [-0.39, 0.29) is 5.82 Å². The Bertz CT molecular complexity index is 386. The summed E-state index contributed by atoms with van der Waals surface area (Å²) in [7, 11) is 0. The SMILES string of the molecule is CCOc1cc(N2CCCCC2)cc(F)c1C. The largest absolute Gasteiger partial charge is 0.493 e. The average Bonchev–Trinajstić information content (AvgIpc) is 2.36. The highest BCUT2D eigenvalue weighted by Crippen LogP contribution is 2.29. The first-order valence-corrected chi connectivity index (χ1v) is 6.40. The summed E-state index contributed by atoms with van der Waals surface area (Å²) < 4.78 is 19.3. The maximum atomic E-state index is 13.8. The Labute approximate surface area is 102 Å². The smallest absolute Gasteiger partial charge is 0.131 e. The first-order chi connectivity index (χ1) is 8.22. The van der Waals surface area contributed by atoms with Crippen LogP contribution in [0.5, 0.6) is 5.75 Å². The predicted octanol–water partition coefficient (Wildman–Crippen LogP) is 3.52. The van der Waals surface area contributed by atoms with Gasteiger partial charge in [-0.3, -0.25) is 0 Å². The lowest BCUT2D eigenvalue weighted by atomic mass is 10.1. The fourth-order valence-corrected chi connectivity index (χ4v) is 2.28. The van der Waals surface area contributed by atoms with E-state index in [0.717, 1.165) is 18.8 Å². The van der Waals surface area contributed by atoms with E-state index in [1.807, 2.05) is 13.0 Å². The number of ether oxygens (including phenoxy) is 1. The molecule has 1 aromatic rings. The molecule has 1 saturated heterocycles. The van der Waals surface area contributed by atoms with Crippen molar-refractivity contribution in [1.82, 2.24) is 0 Å². The van der Waals surface area contributed by atoms with Crippen LogP contribution >= 0.6 is 0 Å². The first-order valence-electron chi connectivity index (χ1n) is 6.40. The van der Waals surface area contributed by atoms with E-state index < -0.39 is 0 Å². The number of halogens is 1. The van der Waals surface area contributed by atoms with Crippen molar-refractivity contribution in [3.63, 3.8) is 0 Å². The zero-order chi connectivity index (χ0) is 12.3. The Hall–Kier alpha value is -1.25. The minimum Gasteiger partial charge on any atom is -0.493 e. The number of rotatable bonds is 3. The first kappa shape index (κ1) is 12.2. The topological polar surface area (TPSA) is 12.5 Å². The molecule has 1 fully saturated rings. The highest BCUT2D eigenvalue weighted by atomic mass is 19.1. The molecule has 0 N–H and O–H groups in total. The zero-order valence-electron chi connectivity index (χ0n) is 10.6. The Morgan fingerprint density at radius 2 is 1.94 bits per heavy atom. The van der Waals surface area contributed by atoms with Gasteiger partial charge in [-0.05, 0) is 39.2 Å². The summed E-state index contributed by atoms with van der Waals surface area (Å²) in [5.41, 5.74) is 1.56. The van der Waals surface area contributed by atoms with Gasteiger partial charge < -0.3 is 9.64 Å². The molecule has 0 aromatic heterocycles. The van der Waals surface area contributed by atoms with Crippen LogP contribution in [0.25, 0.3) is 0 Å². The third kappa shape index (κ3) is 2.71. The molecule has 0 spiro atoms. The van der Waals surface area contributed by atoms with E-state index >= 15 is 0 Å². The summed E-state index contributed by atoms with van der Waals surface area (Å²) in [6, 6.07) is 3.59. The minimum atomic E-state index is -0.170.